The van der Waals surface area contributed by atoms with Gasteiger partial charge in [0, 0.05) is 6.26 Å². The predicted octanol–water partition coefficient (Wildman–Crippen LogP) is 1.92. The number of sulfone groups is 1. The van der Waals surface area contributed by atoms with Gasteiger partial charge in [0.15, 0.2) is 9.84 Å². The number of aliphatic hydroxyl groups excluding tert-OH is 1. The van der Waals surface area contributed by atoms with Crippen molar-refractivity contribution in [3.05, 3.63) is 65.7 Å². The molecule has 0 radical (unpaired) electrons. The monoisotopic (exact) mass is 363 g/mol. The molecule has 0 heterocycles. The van der Waals surface area contributed by atoms with E-state index < -0.39 is 22.0 Å². The first kappa shape index (κ1) is 19.0. The molecule has 2 rings (SSSR count). The third-order valence-corrected chi connectivity index (χ3v) is 4.72. The van der Waals surface area contributed by atoms with Gasteiger partial charge in [-0.25, -0.2) is 13.2 Å². The Balaban J connectivity index is 1.88. The highest BCUT2D eigenvalue weighted by Crippen LogP contribution is 2.12. The van der Waals surface area contributed by atoms with Gasteiger partial charge in [-0.3, -0.25) is 0 Å². The highest BCUT2D eigenvalue weighted by molar-refractivity contribution is 7.90. The molecule has 2 N–H and O–H groups in total. The lowest BCUT2D eigenvalue weighted by atomic mass is 10.1. The Kier molecular flexibility index (Phi) is 6.55. The Morgan fingerprint density at radius 3 is 2.28 bits per heavy atom. The Bertz CT molecular complexity index is 788. The van der Waals surface area contributed by atoms with E-state index in [1.165, 1.54) is 12.1 Å². The fourth-order valence-electron chi connectivity index (χ4n) is 2.25. The first-order valence-electron chi connectivity index (χ1n) is 7.75. The molecule has 1 amide bonds. The summed E-state index contributed by atoms with van der Waals surface area (Å²) in [5.74, 6) is 0. The van der Waals surface area contributed by atoms with E-state index >= 15 is 0 Å². The molecule has 2 aromatic rings. The number of carbonyl (C=O) groups excluding carboxylic acids is 1. The zero-order chi connectivity index (χ0) is 18.3. The van der Waals surface area contributed by atoms with Crippen LogP contribution in [0.3, 0.4) is 0 Å². The first-order chi connectivity index (χ1) is 11.9. The molecule has 1 atom stereocenters. The number of hydrogen-bond acceptors (Lipinski definition) is 5. The van der Waals surface area contributed by atoms with E-state index in [2.05, 4.69) is 5.32 Å². The molecule has 0 spiro atoms. The number of rotatable bonds is 7. The predicted molar refractivity (Wildman–Crippen MR) is 93.9 cm³/mol. The zero-order valence-electron chi connectivity index (χ0n) is 13.9. The van der Waals surface area contributed by atoms with Gasteiger partial charge in [0.2, 0.25) is 0 Å². The lowest BCUT2D eigenvalue weighted by Gasteiger charge is -2.16. The summed E-state index contributed by atoms with van der Waals surface area (Å²) in [7, 11) is -3.25. The largest absolute Gasteiger partial charge is 0.445 e. The summed E-state index contributed by atoms with van der Waals surface area (Å²) in [6.45, 7) is -0.109. The van der Waals surface area contributed by atoms with Crippen LogP contribution >= 0.6 is 0 Å². The Morgan fingerprint density at radius 2 is 1.72 bits per heavy atom. The second-order valence-corrected chi connectivity index (χ2v) is 7.72. The van der Waals surface area contributed by atoms with Crippen LogP contribution in [0.25, 0.3) is 0 Å². The maximum atomic E-state index is 11.8. The number of nitrogens with one attached hydrogen (secondary N) is 1. The van der Waals surface area contributed by atoms with Crippen LogP contribution in [0.15, 0.2) is 59.5 Å². The Hall–Kier alpha value is -2.38. The summed E-state index contributed by atoms with van der Waals surface area (Å²) in [6.07, 6.45) is 0.889. The quantitative estimate of drug-likeness (QED) is 0.784. The summed E-state index contributed by atoms with van der Waals surface area (Å²) in [4.78, 5) is 12.1. The molecule has 0 bridgehead atoms. The SMILES string of the molecule is CS(=O)(=O)c1ccc(C[C@H](CO)NC(=O)OCc2ccccc2)cc1. The van der Waals surface area contributed by atoms with Crippen molar-refractivity contribution < 1.29 is 23.1 Å². The van der Waals surface area contributed by atoms with E-state index in [9.17, 15) is 18.3 Å². The van der Waals surface area contributed by atoms with Crippen molar-refractivity contribution in [2.45, 2.75) is 24.0 Å². The molecule has 2 aromatic carbocycles. The van der Waals surface area contributed by atoms with E-state index in [1.54, 1.807) is 12.1 Å². The van der Waals surface area contributed by atoms with Crippen LogP contribution in [0.4, 0.5) is 4.79 Å². The number of ether oxygens (including phenoxy) is 1. The van der Waals surface area contributed by atoms with Gasteiger partial charge in [-0.2, -0.15) is 0 Å². The van der Waals surface area contributed by atoms with E-state index in [0.29, 0.717) is 6.42 Å². The van der Waals surface area contributed by atoms with Gasteiger partial charge in [-0.15, -0.1) is 0 Å². The fourth-order valence-corrected chi connectivity index (χ4v) is 2.88. The highest BCUT2D eigenvalue weighted by atomic mass is 32.2. The smallest absolute Gasteiger partial charge is 0.407 e. The van der Waals surface area contributed by atoms with E-state index in [1.807, 2.05) is 30.3 Å². The molecule has 0 saturated heterocycles. The maximum Gasteiger partial charge on any atom is 0.407 e. The van der Waals surface area contributed by atoms with Crippen molar-refractivity contribution >= 4 is 15.9 Å². The van der Waals surface area contributed by atoms with Crippen LogP contribution in [0.5, 0.6) is 0 Å². The molecular formula is C18H21NO5S. The van der Waals surface area contributed by atoms with E-state index in [0.717, 1.165) is 17.4 Å². The number of aliphatic hydroxyl groups is 1. The van der Waals surface area contributed by atoms with Crippen LogP contribution in [0, 0.1) is 0 Å². The second kappa shape index (κ2) is 8.64. The minimum atomic E-state index is -3.25. The van der Waals surface area contributed by atoms with Gasteiger partial charge in [-0.1, -0.05) is 42.5 Å². The number of amides is 1. The zero-order valence-corrected chi connectivity index (χ0v) is 14.7. The number of alkyl carbamates (subject to hydrolysis) is 1. The summed E-state index contributed by atoms with van der Waals surface area (Å²) in [5, 5.41) is 12.0. The van der Waals surface area contributed by atoms with Gasteiger partial charge in [0.1, 0.15) is 6.61 Å². The molecule has 25 heavy (non-hydrogen) atoms. The summed E-state index contributed by atoms with van der Waals surface area (Å²) in [6, 6.07) is 15.1. The molecule has 0 aliphatic heterocycles. The van der Waals surface area contributed by atoms with E-state index in [-0.39, 0.29) is 18.1 Å². The average molecular weight is 363 g/mol. The normalized spacial score (nSPS) is 12.4. The van der Waals surface area contributed by atoms with Crippen molar-refractivity contribution in [2.24, 2.45) is 0 Å². The van der Waals surface area contributed by atoms with Crippen LogP contribution in [-0.4, -0.2) is 38.5 Å². The molecule has 134 valence electrons. The van der Waals surface area contributed by atoms with Crippen molar-refractivity contribution in [2.75, 3.05) is 12.9 Å². The minimum Gasteiger partial charge on any atom is -0.445 e. The minimum absolute atomic E-state index is 0.147. The van der Waals surface area contributed by atoms with Crippen LogP contribution in [0.1, 0.15) is 11.1 Å². The lowest BCUT2D eigenvalue weighted by Crippen LogP contribution is -2.39. The Morgan fingerprint density at radius 1 is 1.08 bits per heavy atom. The van der Waals surface area contributed by atoms with Gasteiger partial charge < -0.3 is 15.2 Å². The molecule has 7 heteroatoms. The molecule has 0 unspecified atom stereocenters. The second-order valence-electron chi connectivity index (χ2n) is 5.71. The first-order valence-corrected chi connectivity index (χ1v) is 9.64. The lowest BCUT2D eigenvalue weighted by molar-refractivity contribution is 0.129. The average Bonchev–Trinajstić information content (AvgIpc) is 2.60. The van der Waals surface area contributed by atoms with Crippen molar-refractivity contribution in [1.82, 2.24) is 5.32 Å². The van der Waals surface area contributed by atoms with Gasteiger partial charge in [-0.05, 0) is 29.7 Å². The van der Waals surface area contributed by atoms with Crippen molar-refractivity contribution in [3.8, 4) is 0 Å². The van der Waals surface area contributed by atoms with Gasteiger partial charge in [0.25, 0.3) is 0 Å². The highest BCUT2D eigenvalue weighted by Gasteiger charge is 2.14. The summed E-state index contributed by atoms with van der Waals surface area (Å²) >= 11 is 0. The third kappa shape index (κ3) is 6.21. The number of benzene rings is 2. The van der Waals surface area contributed by atoms with Crippen molar-refractivity contribution in [1.29, 1.82) is 0 Å². The van der Waals surface area contributed by atoms with Crippen molar-refractivity contribution in [3.63, 3.8) is 0 Å². The molecule has 0 saturated carbocycles. The molecular weight excluding hydrogens is 342 g/mol. The van der Waals surface area contributed by atoms with Crippen LogP contribution < -0.4 is 5.32 Å². The molecule has 0 fully saturated rings. The number of hydrogen-bond donors (Lipinski definition) is 2. The summed E-state index contributed by atoms with van der Waals surface area (Å²) in [5.41, 5.74) is 1.67. The third-order valence-electron chi connectivity index (χ3n) is 3.59. The van der Waals surface area contributed by atoms with E-state index in [4.69, 9.17) is 4.74 Å². The molecule has 0 aliphatic rings. The Labute approximate surface area is 147 Å². The van der Waals surface area contributed by atoms with Crippen LogP contribution in [0.2, 0.25) is 0 Å². The number of carbonyl (C=O) groups is 1. The molecule has 6 nitrogen and oxygen atoms in total. The summed E-state index contributed by atoms with van der Waals surface area (Å²) < 4.78 is 28.0. The van der Waals surface area contributed by atoms with Gasteiger partial charge >= 0.3 is 6.09 Å². The standard InChI is InChI=1S/C18H21NO5S/c1-25(22,23)17-9-7-14(8-10-17)11-16(12-20)19-18(21)24-13-15-5-3-2-4-6-15/h2-10,16,20H,11-13H2,1H3,(H,19,21)/t16-/m1/s1. The van der Waals surface area contributed by atoms with Gasteiger partial charge in [0.05, 0.1) is 17.5 Å². The van der Waals surface area contributed by atoms with Crippen LogP contribution in [-0.2, 0) is 27.6 Å². The topological polar surface area (TPSA) is 92.7 Å². The fraction of sp³-hybridized carbons (Fsp3) is 0.278. The maximum absolute atomic E-state index is 11.8. The molecule has 0 aliphatic carbocycles. The molecule has 0 aromatic heterocycles.